The molecule has 3 aliphatic heterocycles. The molecule has 2 fully saturated rings. The van der Waals surface area contributed by atoms with E-state index in [4.69, 9.17) is 30.9 Å². The molecule has 0 saturated carbocycles. The van der Waals surface area contributed by atoms with Crippen molar-refractivity contribution in [1.29, 1.82) is 0 Å². The number of urea groups is 1. The number of carbonyl (C=O) groups excluding carboxylic acids is 2. The van der Waals surface area contributed by atoms with Crippen LogP contribution in [0.3, 0.4) is 0 Å². The number of aliphatic carboxylic acids is 1. The predicted molar refractivity (Wildman–Crippen MR) is 180 cm³/mol. The van der Waals surface area contributed by atoms with E-state index in [0.29, 0.717) is 93.5 Å². The highest BCUT2D eigenvalue weighted by Crippen LogP contribution is 2.40. The van der Waals surface area contributed by atoms with Crippen molar-refractivity contribution in [3.8, 4) is 11.3 Å². The number of amides is 2. The van der Waals surface area contributed by atoms with Crippen LogP contribution in [0.5, 0.6) is 0 Å². The molecule has 0 aliphatic carbocycles. The van der Waals surface area contributed by atoms with Crippen molar-refractivity contribution in [2.75, 3.05) is 82.2 Å². The fourth-order valence-electron chi connectivity index (χ4n) is 6.34. The zero-order chi connectivity index (χ0) is 35.3. The van der Waals surface area contributed by atoms with Gasteiger partial charge in [0.1, 0.15) is 18.6 Å². The molecule has 2 saturated heterocycles. The number of anilines is 2. The fourth-order valence-corrected chi connectivity index (χ4v) is 6.34. The van der Waals surface area contributed by atoms with Crippen molar-refractivity contribution >= 4 is 35.4 Å². The van der Waals surface area contributed by atoms with Gasteiger partial charge < -0.3 is 43.8 Å². The van der Waals surface area contributed by atoms with E-state index < -0.39 is 11.5 Å². The first kappa shape index (κ1) is 34.6. The molecule has 3 aromatic rings. The molecule has 1 N–H and O–H groups in total. The first-order valence-electron chi connectivity index (χ1n) is 16.4. The number of rotatable bonds is 15. The number of piperazine rings is 1. The Hall–Kier alpha value is -5.24. The van der Waals surface area contributed by atoms with Gasteiger partial charge in [-0.05, 0) is 37.6 Å². The Morgan fingerprint density at radius 3 is 2.48 bits per heavy atom. The lowest BCUT2D eigenvalue weighted by molar-refractivity contribution is -0.142. The Bertz CT molecular complexity index is 1760. The molecule has 0 bridgehead atoms. The largest absolute Gasteiger partial charge is 0.480 e. The van der Waals surface area contributed by atoms with Crippen LogP contribution in [0.2, 0.25) is 0 Å². The third kappa shape index (κ3) is 7.34. The molecule has 0 aromatic carbocycles. The summed E-state index contributed by atoms with van der Waals surface area (Å²) in [6.07, 6.45) is 5.04. The summed E-state index contributed by atoms with van der Waals surface area (Å²) in [5, 5.41) is 8.54. The summed E-state index contributed by atoms with van der Waals surface area (Å²) in [6.45, 7) is 15.6. The fraction of sp³-hybridized carbons (Fsp3) is 0.471. The maximum absolute atomic E-state index is 13.4. The Balaban J connectivity index is 1.03. The number of ketones is 1. The van der Waals surface area contributed by atoms with Crippen LogP contribution in [0.15, 0.2) is 42.9 Å². The van der Waals surface area contributed by atoms with Crippen LogP contribution in [-0.4, -0.2) is 137 Å². The molecule has 6 heterocycles. The zero-order valence-electron chi connectivity index (χ0n) is 28.0. The van der Waals surface area contributed by atoms with Gasteiger partial charge in [-0.3, -0.25) is 4.79 Å². The predicted octanol–water partition coefficient (Wildman–Crippen LogP) is 2.53. The number of pyridine rings is 2. The number of fused-ring (bicyclic) bond motifs is 2. The summed E-state index contributed by atoms with van der Waals surface area (Å²) in [7, 11) is 0. The Labute approximate surface area is 289 Å². The molecule has 262 valence electrons. The van der Waals surface area contributed by atoms with E-state index >= 15 is 0 Å². The van der Waals surface area contributed by atoms with Crippen LogP contribution in [0.1, 0.15) is 29.8 Å². The highest BCUT2D eigenvalue weighted by Gasteiger charge is 2.45. The van der Waals surface area contributed by atoms with Gasteiger partial charge in [-0.25, -0.2) is 24.5 Å². The molecule has 50 heavy (non-hydrogen) atoms. The second kappa shape index (κ2) is 15.1. The van der Waals surface area contributed by atoms with Crippen LogP contribution in [0, 0.1) is 6.57 Å². The van der Waals surface area contributed by atoms with Gasteiger partial charge in [0.25, 0.3) is 5.82 Å². The minimum atomic E-state index is -1.02. The minimum absolute atomic E-state index is 0.00194. The van der Waals surface area contributed by atoms with E-state index in [1.54, 1.807) is 41.7 Å². The van der Waals surface area contributed by atoms with E-state index in [1.165, 1.54) is 0 Å². The second-order valence-electron chi connectivity index (χ2n) is 12.6. The molecule has 16 nitrogen and oxygen atoms in total. The number of nitrogens with zero attached hydrogens (tertiary/aromatic N) is 9. The van der Waals surface area contributed by atoms with Gasteiger partial charge in [-0.2, -0.15) is 0 Å². The number of carbonyl (C=O) groups is 3. The van der Waals surface area contributed by atoms with Gasteiger partial charge in [0.15, 0.2) is 5.78 Å². The molecule has 16 heteroatoms. The second-order valence-corrected chi connectivity index (χ2v) is 12.6. The lowest BCUT2D eigenvalue weighted by Crippen LogP contribution is -2.52. The summed E-state index contributed by atoms with van der Waals surface area (Å²) < 4.78 is 15.9. The van der Waals surface area contributed by atoms with Crippen molar-refractivity contribution in [2.45, 2.75) is 32.0 Å². The normalized spacial score (nSPS) is 18.0. The molecule has 3 aliphatic rings. The molecule has 1 atom stereocenters. The third-order valence-electron chi connectivity index (χ3n) is 9.03. The number of ether oxygens (including phenoxy) is 3. The lowest BCUT2D eigenvalue weighted by Gasteiger charge is -2.36. The van der Waals surface area contributed by atoms with E-state index in [9.17, 15) is 14.4 Å². The molecular weight excluding hydrogens is 646 g/mol. The first-order chi connectivity index (χ1) is 24.2. The molecule has 0 radical (unpaired) electrons. The summed E-state index contributed by atoms with van der Waals surface area (Å²) in [5.74, 6) is 0.359. The molecule has 3 aromatic heterocycles. The third-order valence-corrected chi connectivity index (χ3v) is 9.03. The van der Waals surface area contributed by atoms with Crippen molar-refractivity contribution in [3.63, 3.8) is 0 Å². The Morgan fingerprint density at radius 1 is 1.00 bits per heavy atom. The lowest BCUT2D eigenvalue weighted by atomic mass is 9.97. The van der Waals surface area contributed by atoms with E-state index in [2.05, 4.69) is 24.7 Å². The van der Waals surface area contributed by atoms with Crippen LogP contribution in [0.25, 0.3) is 16.1 Å². The average Bonchev–Trinajstić information content (AvgIpc) is 3.53. The van der Waals surface area contributed by atoms with Crippen LogP contribution in [-0.2, 0) is 25.5 Å². The zero-order valence-corrected chi connectivity index (χ0v) is 28.0. The van der Waals surface area contributed by atoms with Crippen LogP contribution >= 0.6 is 0 Å². The number of carboxylic acids is 1. The van der Waals surface area contributed by atoms with E-state index in [-0.39, 0.29) is 37.7 Å². The van der Waals surface area contributed by atoms with Gasteiger partial charge in [-0.15, -0.1) is 4.98 Å². The number of aromatic nitrogens is 4. The van der Waals surface area contributed by atoms with Crippen LogP contribution < -0.4 is 9.80 Å². The molecule has 0 spiro atoms. The van der Waals surface area contributed by atoms with Gasteiger partial charge >= 0.3 is 12.0 Å². The van der Waals surface area contributed by atoms with Crippen molar-refractivity contribution < 1.29 is 33.7 Å². The van der Waals surface area contributed by atoms with E-state index in [1.807, 2.05) is 29.7 Å². The van der Waals surface area contributed by atoms with Gasteiger partial charge in [0, 0.05) is 57.2 Å². The monoisotopic (exact) mass is 685 g/mol. The van der Waals surface area contributed by atoms with Crippen molar-refractivity contribution in [2.24, 2.45) is 0 Å². The van der Waals surface area contributed by atoms with E-state index in [0.717, 1.165) is 5.56 Å². The van der Waals surface area contributed by atoms with Crippen molar-refractivity contribution in [3.05, 3.63) is 65.4 Å². The summed E-state index contributed by atoms with van der Waals surface area (Å²) in [4.78, 5) is 66.4. The average molecular weight is 686 g/mol. The number of hydrogen-bond acceptors (Lipinski definition) is 12. The highest BCUT2D eigenvalue weighted by molar-refractivity contribution is 6.12. The van der Waals surface area contributed by atoms with Gasteiger partial charge in [0.2, 0.25) is 5.95 Å². The van der Waals surface area contributed by atoms with Crippen molar-refractivity contribution in [1.82, 2.24) is 29.7 Å². The van der Waals surface area contributed by atoms with Crippen LogP contribution in [0.4, 0.5) is 22.4 Å². The maximum Gasteiger partial charge on any atom is 0.329 e. The number of carboxylic acid groups (broad SMARTS) is 1. The summed E-state index contributed by atoms with van der Waals surface area (Å²) >= 11 is 0. The highest BCUT2D eigenvalue weighted by atomic mass is 16.5. The number of Topliss-reactive ketones (excluding diaryl/α,β-unsaturated/α-hetero) is 1. The van der Waals surface area contributed by atoms with Gasteiger partial charge in [0.05, 0.1) is 55.9 Å². The quantitative estimate of drug-likeness (QED) is 0.183. The molecular formula is C34H39N9O7. The summed E-state index contributed by atoms with van der Waals surface area (Å²) in [6, 6.07) is 7.21. The van der Waals surface area contributed by atoms with Gasteiger partial charge in [-0.1, -0.05) is 12.6 Å². The maximum atomic E-state index is 13.4. The minimum Gasteiger partial charge on any atom is -0.480 e. The topological polar surface area (TPSA) is 168 Å². The Kier molecular flexibility index (Phi) is 10.5. The molecule has 0 unspecified atom stereocenters. The number of hydrogen-bond donors (Lipinski definition) is 1. The standard InChI is InChI=1S/C34H39N9O7/c1-34(2)29(46)26-6-7-27(39-31(26)43(34)19-23-5-4-8-36-30(23)35-3)24-17-37-32(38-18-24)40-9-10-42-25(20-40)21-41(33(42)47)11-12-48-13-14-49-15-16-50-22-28(44)45/h4-8,17-18,25H,9-16,19-22H2,1-2H3,(H,44,45)/t25-/m0/s1. The first-order valence-corrected chi connectivity index (χ1v) is 16.4. The Morgan fingerprint density at radius 2 is 1.74 bits per heavy atom. The summed E-state index contributed by atoms with van der Waals surface area (Å²) in [5.41, 5.74) is 1.73. The molecule has 6 rings (SSSR count). The smallest absolute Gasteiger partial charge is 0.329 e. The molecule has 2 amide bonds. The SMILES string of the molecule is [C-]#[N+]c1ncccc1CN1c2nc(-c3cnc(N4CCN5C(=O)N(CCOCCOCCOCC(=O)O)C[C@@H]5C4)nc3)ccc2C(=O)C1(C)C.